The fourth-order valence-corrected chi connectivity index (χ4v) is 3.57. The van der Waals surface area contributed by atoms with E-state index in [-0.39, 0.29) is 11.0 Å². The van der Waals surface area contributed by atoms with Gasteiger partial charge in [0.1, 0.15) is 17.4 Å². The number of nitrogens with one attached hydrogen (secondary N) is 2. The first-order chi connectivity index (χ1) is 12.5. The van der Waals surface area contributed by atoms with E-state index >= 15 is 0 Å². The van der Waals surface area contributed by atoms with E-state index in [2.05, 4.69) is 15.8 Å². The SMILES string of the molecule is Cc1ccc2sc(NNC(=O)c3coc4ccccc4c3=O)nc2c1C. The van der Waals surface area contributed by atoms with Crippen LogP contribution >= 0.6 is 11.3 Å². The topological polar surface area (TPSA) is 84.2 Å². The lowest BCUT2D eigenvalue weighted by Gasteiger charge is -2.05. The molecule has 2 aromatic heterocycles. The Morgan fingerprint density at radius 1 is 1.15 bits per heavy atom. The van der Waals surface area contributed by atoms with Gasteiger partial charge in [0.2, 0.25) is 10.6 Å². The summed E-state index contributed by atoms with van der Waals surface area (Å²) in [7, 11) is 0. The second-order valence-electron chi connectivity index (χ2n) is 5.93. The van der Waals surface area contributed by atoms with Crippen molar-refractivity contribution >= 4 is 43.6 Å². The van der Waals surface area contributed by atoms with Gasteiger partial charge in [-0.1, -0.05) is 29.5 Å². The van der Waals surface area contributed by atoms with Gasteiger partial charge in [-0.25, -0.2) is 4.98 Å². The van der Waals surface area contributed by atoms with Crippen LogP contribution in [0.2, 0.25) is 0 Å². The van der Waals surface area contributed by atoms with Gasteiger partial charge in [-0.2, -0.15) is 0 Å². The Hall–Kier alpha value is -3.19. The summed E-state index contributed by atoms with van der Waals surface area (Å²) in [4.78, 5) is 29.3. The number of carbonyl (C=O) groups is 1. The molecule has 4 rings (SSSR count). The molecule has 1 amide bonds. The third-order valence-electron chi connectivity index (χ3n) is 4.29. The molecule has 2 heterocycles. The number of amides is 1. The molecule has 0 atom stereocenters. The summed E-state index contributed by atoms with van der Waals surface area (Å²) in [6.45, 7) is 4.04. The van der Waals surface area contributed by atoms with Crippen LogP contribution in [-0.4, -0.2) is 10.9 Å². The average Bonchev–Trinajstić information content (AvgIpc) is 3.07. The van der Waals surface area contributed by atoms with E-state index in [0.717, 1.165) is 21.3 Å². The van der Waals surface area contributed by atoms with E-state index in [4.69, 9.17) is 4.42 Å². The van der Waals surface area contributed by atoms with E-state index in [1.54, 1.807) is 24.3 Å². The van der Waals surface area contributed by atoms with Crippen LogP contribution in [0.1, 0.15) is 21.5 Å². The smallest absolute Gasteiger partial charge is 0.276 e. The first kappa shape index (κ1) is 16.3. The third kappa shape index (κ3) is 2.72. The van der Waals surface area contributed by atoms with Gasteiger partial charge in [0.25, 0.3) is 5.91 Å². The zero-order valence-electron chi connectivity index (χ0n) is 14.1. The maximum atomic E-state index is 12.4. The van der Waals surface area contributed by atoms with E-state index in [0.29, 0.717) is 16.1 Å². The molecule has 0 aliphatic heterocycles. The predicted molar refractivity (Wildman–Crippen MR) is 103 cm³/mol. The van der Waals surface area contributed by atoms with Gasteiger partial charge >= 0.3 is 0 Å². The fraction of sp³-hybridized carbons (Fsp3) is 0.105. The number of benzene rings is 2. The molecule has 7 heteroatoms. The van der Waals surface area contributed by atoms with Crippen LogP contribution in [0.4, 0.5) is 5.13 Å². The number of anilines is 1. The summed E-state index contributed by atoms with van der Waals surface area (Å²) in [5.74, 6) is -0.573. The van der Waals surface area contributed by atoms with Crippen LogP contribution in [-0.2, 0) is 0 Å². The number of aryl methyl sites for hydroxylation is 2. The number of thiazole rings is 1. The van der Waals surface area contributed by atoms with Crippen LogP contribution in [0, 0.1) is 13.8 Å². The fourth-order valence-electron chi connectivity index (χ4n) is 2.69. The van der Waals surface area contributed by atoms with Crippen LogP contribution in [0.5, 0.6) is 0 Å². The average molecular weight is 365 g/mol. The number of para-hydroxylation sites is 1. The Balaban J connectivity index is 1.59. The predicted octanol–water partition coefficient (Wildman–Crippen LogP) is 3.78. The quantitative estimate of drug-likeness (QED) is 0.540. The van der Waals surface area contributed by atoms with Crippen molar-refractivity contribution in [2.24, 2.45) is 0 Å². The molecule has 0 radical (unpaired) electrons. The molecule has 2 aromatic carbocycles. The van der Waals surface area contributed by atoms with Crippen LogP contribution in [0.25, 0.3) is 21.2 Å². The van der Waals surface area contributed by atoms with E-state index in [1.165, 1.54) is 17.6 Å². The largest absolute Gasteiger partial charge is 0.463 e. The second-order valence-corrected chi connectivity index (χ2v) is 6.96. The minimum atomic E-state index is -0.573. The summed E-state index contributed by atoms with van der Waals surface area (Å²) < 4.78 is 6.40. The van der Waals surface area contributed by atoms with E-state index in [9.17, 15) is 9.59 Å². The van der Waals surface area contributed by atoms with Crippen LogP contribution in [0.3, 0.4) is 0 Å². The number of fused-ring (bicyclic) bond motifs is 2. The van der Waals surface area contributed by atoms with Crippen molar-refractivity contribution in [2.45, 2.75) is 13.8 Å². The Morgan fingerprint density at radius 2 is 1.96 bits per heavy atom. The molecule has 0 bridgehead atoms. The standard InChI is InChI=1S/C19H15N3O3S/c1-10-7-8-15-16(11(10)2)20-19(26-15)22-21-18(24)13-9-25-14-6-4-3-5-12(14)17(13)23/h3-9H,1-2H3,(H,20,22)(H,21,24). The van der Waals surface area contributed by atoms with Crippen molar-refractivity contribution in [3.05, 3.63) is 69.6 Å². The number of nitrogens with zero attached hydrogens (tertiary/aromatic N) is 1. The molecule has 0 unspecified atom stereocenters. The minimum absolute atomic E-state index is 0.0654. The molecule has 26 heavy (non-hydrogen) atoms. The monoisotopic (exact) mass is 365 g/mol. The lowest BCUT2D eigenvalue weighted by Crippen LogP contribution is -2.32. The van der Waals surface area contributed by atoms with Crippen molar-refractivity contribution in [1.82, 2.24) is 10.4 Å². The summed E-state index contributed by atoms with van der Waals surface area (Å²) in [6, 6.07) is 10.8. The van der Waals surface area contributed by atoms with Gasteiger partial charge in [0, 0.05) is 0 Å². The van der Waals surface area contributed by atoms with Crippen molar-refractivity contribution in [2.75, 3.05) is 5.43 Å². The highest BCUT2D eigenvalue weighted by Crippen LogP contribution is 2.29. The third-order valence-corrected chi connectivity index (χ3v) is 5.23. The maximum Gasteiger partial charge on any atom is 0.276 e. The molecule has 6 nitrogen and oxygen atoms in total. The normalized spacial score (nSPS) is 11.0. The van der Waals surface area contributed by atoms with Gasteiger partial charge in [-0.15, -0.1) is 0 Å². The second kappa shape index (κ2) is 6.27. The lowest BCUT2D eigenvalue weighted by molar-refractivity contribution is 0.0960. The zero-order valence-corrected chi connectivity index (χ0v) is 14.9. The molecule has 2 N–H and O–H groups in total. The van der Waals surface area contributed by atoms with Gasteiger partial charge in [0.15, 0.2) is 0 Å². The molecular formula is C19H15N3O3S. The molecule has 0 aliphatic rings. The molecule has 4 aromatic rings. The van der Waals surface area contributed by atoms with E-state index < -0.39 is 5.91 Å². The number of aromatic nitrogens is 1. The number of hydrogen-bond acceptors (Lipinski definition) is 6. The first-order valence-electron chi connectivity index (χ1n) is 7.98. The highest BCUT2D eigenvalue weighted by molar-refractivity contribution is 7.22. The number of rotatable bonds is 3. The molecule has 130 valence electrons. The summed E-state index contributed by atoms with van der Waals surface area (Å²) in [6.07, 6.45) is 1.17. The first-order valence-corrected chi connectivity index (χ1v) is 8.80. The number of carbonyl (C=O) groups excluding carboxylic acids is 1. The molecule has 0 saturated heterocycles. The van der Waals surface area contributed by atoms with Gasteiger partial charge < -0.3 is 4.42 Å². The Morgan fingerprint density at radius 3 is 2.81 bits per heavy atom. The van der Waals surface area contributed by atoms with Crippen molar-refractivity contribution in [3.63, 3.8) is 0 Å². The highest BCUT2D eigenvalue weighted by Gasteiger charge is 2.15. The minimum Gasteiger partial charge on any atom is -0.463 e. The molecule has 0 saturated carbocycles. The van der Waals surface area contributed by atoms with Gasteiger partial charge in [-0.05, 0) is 43.2 Å². The van der Waals surface area contributed by atoms with Gasteiger partial charge in [0.05, 0.1) is 15.6 Å². The Kier molecular flexibility index (Phi) is 3.93. The summed E-state index contributed by atoms with van der Waals surface area (Å²) >= 11 is 1.43. The van der Waals surface area contributed by atoms with Crippen LogP contribution < -0.4 is 16.3 Å². The summed E-state index contributed by atoms with van der Waals surface area (Å²) in [5.41, 5.74) is 8.47. The molecule has 0 aliphatic carbocycles. The van der Waals surface area contributed by atoms with Gasteiger partial charge in [-0.3, -0.25) is 20.4 Å². The molecule has 0 spiro atoms. The maximum absolute atomic E-state index is 12.4. The number of hydrazine groups is 1. The Bertz CT molecular complexity index is 1210. The summed E-state index contributed by atoms with van der Waals surface area (Å²) in [5, 5.41) is 0.915. The Labute approximate surface area is 152 Å². The van der Waals surface area contributed by atoms with Crippen molar-refractivity contribution in [3.8, 4) is 0 Å². The molecule has 0 fully saturated rings. The van der Waals surface area contributed by atoms with E-state index in [1.807, 2.05) is 26.0 Å². The lowest BCUT2D eigenvalue weighted by atomic mass is 10.1. The zero-order chi connectivity index (χ0) is 18.3. The highest BCUT2D eigenvalue weighted by atomic mass is 32.1. The molecular weight excluding hydrogens is 350 g/mol. The number of hydrogen-bond donors (Lipinski definition) is 2. The van der Waals surface area contributed by atoms with Crippen LogP contribution in [0.15, 0.2) is 51.9 Å². The van der Waals surface area contributed by atoms with Crippen molar-refractivity contribution < 1.29 is 9.21 Å². The van der Waals surface area contributed by atoms with Crippen molar-refractivity contribution in [1.29, 1.82) is 0 Å².